The van der Waals surface area contributed by atoms with Crippen LogP contribution in [0.15, 0.2) is 18.2 Å². The van der Waals surface area contributed by atoms with Crippen LogP contribution in [0, 0.1) is 16.7 Å². The number of carboxylic acids is 1. The summed E-state index contributed by atoms with van der Waals surface area (Å²) in [5.74, 6) is -3.44. The van der Waals surface area contributed by atoms with Gasteiger partial charge in [-0.15, -0.1) is 0 Å². The van der Waals surface area contributed by atoms with Gasteiger partial charge < -0.3 is 34.5 Å². The van der Waals surface area contributed by atoms with Crippen molar-refractivity contribution >= 4 is 24.2 Å². The maximum Gasteiger partial charge on any atom is 0.513 e. The molecular weight excluding hydrogens is 534 g/mol. The van der Waals surface area contributed by atoms with Crippen LogP contribution in [-0.2, 0) is 23.8 Å². The molecule has 0 aliphatic rings. The fourth-order valence-electron chi connectivity index (χ4n) is 3.66. The number of ether oxygens (including phenoxy) is 5. The molecule has 11 heteroatoms. The van der Waals surface area contributed by atoms with E-state index >= 15 is 0 Å². The highest BCUT2D eigenvalue weighted by molar-refractivity contribution is 5.75. The predicted molar refractivity (Wildman–Crippen MR) is 152 cm³/mol. The van der Waals surface area contributed by atoms with E-state index < -0.39 is 48.2 Å². The molecule has 11 nitrogen and oxygen atoms in total. The zero-order valence-electron chi connectivity index (χ0n) is 25.8. The van der Waals surface area contributed by atoms with Crippen molar-refractivity contribution in [3.8, 4) is 11.5 Å². The number of esters is 1. The smallest absolute Gasteiger partial charge is 0.480 e. The molecule has 0 fully saturated rings. The van der Waals surface area contributed by atoms with Gasteiger partial charge in [0.05, 0.1) is 13.2 Å². The molecule has 41 heavy (non-hydrogen) atoms. The second-order valence-corrected chi connectivity index (χ2v) is 12.7. The molecule has 1 aromatic rings. The van der Waals surface area contributed by atoms with Crippen LogP contribution in [0.3, 0.4) is 0 Å². The second kappa shape index (κ2) is 15.6. The molecule has 3 N–H and O–H groups in total. The van der Waals surface area contributed by atoms with Gasteiger partial charge in [0.1, 0.15) is 12.1 Å². The minimum atomic E-state index is -1.40. The first kappa shape index (κ1) is 35.7. The summed E-state index contributed by atoms with van der Waals surface area (Å²) in [4.78, 5) is 49.2. The summed E-state index contributed by atoms with van der Waals surface area (Å²) in [6, 6.07) is 2.83. The predicted octanol–water partition coefficient (Wildman–Crippen LogP) is 6.06. The van der Waals surface area contributed by atoms with Crippen LogP contribution in [0.1, 0.15) is 93.1 Å². The SMILES string of the molecule is CCCCC(=O)OC(C)C(C)C(c1ccc(OC(=O)OCC(C)(C)C)c(OC(=O)OCC(C)(C)C)c1)[C@H](N)C(=O)O. The van der Waals surface area contributed by atoms with Crippen molar-refractivity contribution in [2.24, 2.45) is 22.5 Å². The number of nitrogens with two attached hydrogens (primary N) is 1. The quantitative estimate of drug-likeness (QED) is 0.158. The number of hydrogen-bond acceptors (Lipinski definition) is 10. The Labute approximate surface area is 243 Å². The first-order chi connectivity index (χ1) is 18.8. The summed E-state index contributed by atoms with van der Waals surface area (Å²) >= 11 is 0. The lowest BCUT2D eigenvalue weighted by Gasteiger charge is -2.32. The fourth-order valence-corrected chi connectivity index (χ4v) is 3.66. The van der Waals surface area contributed by atoms with Gasteiger partial charge in [0.25, 0.3) is 0 Å². The number of carbonyl (C=O) groups is 4. The molecule has 0 spiro atoms. The number of carbonyl (C=O) groups excluding carboxylic acids is 3. The molecule has 0 aliphatic heterocycles. The van der Waals surface area contributed by atoms with Gasteiger partial charge >= 0.3 is 24.2 Å². The van der Waals surface area contributed by atoms with E-state index in [1.54, 1.807) is 13.8 Å². The topological polar surface area (TPSA) is 161 Å². The highest BCUT2D eigenvalue weighted by Crippen LogP contribution is 2.37. The first-order valence-corrected chi connectivity index (χ1v) is 13.9. The minimum absolute atomic E-state index is 0.0554. The highest BCUT2D eigenvalue weighted by Gasteiger charge is 2.36. The Hall–Kier alpha value is -3.34. The number of unbranched alkanes of at least 4 members (excludes halogenated alkanes) is 1. The lowest BCUT2D eigenvalue weighted by Crippen LogP contribution is -2.42. The van der Waals surface area contributed by atoms with Crippen LogP contribution < -0.4 is 15.2 Å². The van der Waals surface area contributed by atoms with E-state index in [1.165, 1.54) is 18.2 Å². The molecule has 0 bridgehead atoms. The Kier molecular flexibility index (Phi) is 13.6. The van der Waals surface area contributed by atoms with Crippen LogP contribution in [-0.4, -0.2) is 54.7 Å². The molecule has 0 saturated carbocycles. The Morgan fingerprint density at radius 1 is 0.878 bits per heavy atom. The van der Waals surface area contributed by atoms with Crippen LogP contribution in [0.2, 0.25) is 0 Å². The van der Waals surface area contributed by atoms with Gasteiger partial charge in [-0.2, -0.15) is 0 Å². The Balaban J connectivity index is 3.42. The summed E-state index contributed by atoms with van der Waals surface area (Å²) in [5, 5.41) is 9.78. The van der Waals surface area contributed by atoms with Gasteiger partial charge in [0.2, 0.25) is 0 Å². The van der Waals surface area contributed by atoms with Crippen LogP contribution in [0.5, 0.6) is 11.5 Å². The average molecular weight is 582 g/mol. The van der Waals surface area contributed by atoms with Crippen molar-refractivity contribution < 1.29 is 48.0 Å². The van der Waals surface area contributed by atoms with E-state index in [-0.39, 0.29) is 42.0 Å². The summed E-state index contributed by atoms with van der Waals surface area (Å²) in [6.45, 7) is 16.7. The third-order valence-corrected chi connectivity index (χ3v) is 6.02. The third kappa shape index (κ3) is 13.2. The highest BCUT2D eigenvalue weighted by atomic mass is 16.7. The molecular formula is C30H47NO10. The van der Waals surface area contributed by atoms with Gasteiger partial charge in [0.15, 0.2) is 11.5 Å². The third-order valence-electron chi connectivity index (χ3n) is 6.02. The normalized spacial score (nSPS) is 14.7. The lowest BCUT2D eigenvalue weighted by atomic mass is 9.79. The molecule has 4 atom stereocenters. The maximum atomic E-state index is 12.5. The molecule has 0 aromatic heterocycles. The first-order valence-electron chi connectivity index (χ1n) is 13.9. The zero-order chi connectivity index (χ0) is 31.5. The van der Waals surface area contributed by atoms with Gasteiger partial charge in [0, 0.05) is 18.3 Å². The Bertz CT molecular complexity index is 1040. The molecule has 0 radical (unpaired) electrons. The number of carboxylic acid groups (broad SMARTS) is 1. The molecule has 232 valence electrons. The summed E-state index contributed by atoms with van der Waals surface area (Å²) in [6.07, 6.45) is -1.00. The Morgan fingerprint density at radius 3 is 1.85 bits per heavy atom. The number of rotatable bonds is 13. The van der Waals surface area contributed by atoms with Crippen molar-refractivity contribution in [2.75, 3.05) is 13.2 Å². The van der Waals surface area contributed by atoms with Gasteiger partial charge in [-0.05, 0) is 41.9 Å². The molecule has 0 amide bonds. The summed E-state index contributed by atoms with van der Waals surface area (Å²) < 4.78 is 26.6. The standard InChI is InChI=1S/C30H47NO10/c1-10-11-12-23(32)39-19(3)18(2)24(25(31)26(33)34)20-13-14-21(40-27(35)37-16-29(4,5)6)22(15-20)41-28(36)38-17-30(7,8)9/h13-15,18-19,24-25H,10-12,16-17,31H2,1-9H3,(H,33,34)/t18?,19?,24?,25-/m0/s1. The molecule has 3 unspecified atom stereocenters. The van der Waals surface area contributed by atoms with E-state index in [0.717, 1.165) is 6.42 Å². The number of benzene rings is 1. The van der Waals surface area contributed by atoms with Crippen molar-refractivity contribution in [3.63, 3.8) is 0 Å². The minimum Gasteiger partial charge on any atom is -0.480 e. The van der Waals surface area contributed by atoms with Gasteiger partial charge in [-0.1, -0.05) is 67.9 Å². The van der Waals surface area contributed by atoms with E-state index in [9.17, 15) is 24.3 Å². The van der Waals surface area contributed by atoms with E-state index in [1.807, 2.05) is 48.5 Å². The molecule has 0 aliphatic carbocycles. The fraction of sp³-hybridized carbons (Fsp3) is 0.667. The van der Waals surface area contributed by atoms with E-state index in [0.29, 0.717) is 12.0 Å². The van der Waals surface area contributed by atoms with E-state index in [4.69, 9.17) is 29.4 Å². The molecule has 0 heterocycles. The van der Waals surface area contributed by atoms with Crippen LogP contribution in [0.25, 0.3) is 0 Å². The van der Waals surface area contributed by atoms with E-state index in [2.05, 4.69) is 0 Å². The van der Waals surface area contributed by atoms with Gasteiger partial charge in [-0.3, -0.25) is 9.59 Å². The summed E-state index contributed by atoms with van der Waals surface area (Å²) in [7, 11) is 0. The molecule has 1 rings (SSSR count). The van der Waals surface area contributed by atoms with Crippen molar-refractivity contribution in [2.45, 2.75) is 99.6 Å². The van der Waals surface area contributed by atoms with Crippen molar-refractivity contribution in [1.82, 2.24) is 0 Å². The second-order valence-electron chi connectivity index (χ2n) is 12.7. The summed E-state index contributed by atoms with van der Waals surface area (Å²) in [5.41, 5.74) is 5.82. The Morgan fingerprint density at radius 2 is 1.39 bits per heavy atom. The largest absolute Gasteiger partial charge is 0.513 e. The number of hydrogen-bond donors (Lipinski definition) is 2. The van der Waals surface area contributed by atoms with Crippen molar-refractivity contribution in [3.05, 3.63) is 23.8 Å². The number of aliphatic carboxylic acids is 1. The van der Waals surface area contributed by atoms with Crippen LogP contribution >= 0.6 is 0 Å². The molecule has 1 aromatic carbocycles. The average Bonchev–Trinajstić information content (AvgIpc) is 2.85. The maximum absolute atomic E-state index is 12.5. The van der Waals surface area contributed by atoms with Crippen LogP contribution in [0.4, 0.5) is 9.59 Å². The van der Waals surface area contributed by atoms with Gasteiger partial charge in [-0.25, -0.2) is 9.59 Å². The molecule has 0 saturated heterocycles. The monoisotopic (exact) mass is 581 g/mol. The zero-order valence-corrected chi connectivity index (χ0v) is 25.8. The lowest BCUT2D eigenvalue weighted by molar-refractivity contribution is -0.151. The van der Waals surface area contributed by atoms with Crippen molar-refractivity contribution in [1.29, 1.82) is 0 Å².